The van der Waals surface area contributed by atoms with Gasteiger partial charge in [0.25, 0.3) is 0 Å². The molecule has 1 unspecified atom stereocenters. The lowest BCUT2D eigenvalue weighted by Gasteiger charge is -2.23. The monoisotopic (exact) mass is 374 g/mol. The standard InChI is InChI=1S/C18H18N2O5S/c1-12-3-5-13(6-4-12)16-11-17(25-18(21)22)19-20(16)14-7-9-15(10-8-14)26(2,23)24/h3-10,16H,11H2,1-2H3,(H,21,22). The first-order chi connectivity index (χ1) is 12.2. The van der Waals surface area contributed by atoms with Crippen molar-refractivity contribution in [3.63, 3.8) is 0 Å². The number of hydrogen-bond acceptors (Lipinski definition) is 6. The van der Waals surface area contributed by atoms with Gasteiger partial charge in [0, 0.05) is 6.26 Å². The summed E-state index contributed by atoms with van der Waals surface area (Å²) in [6.07, 6.45) is 0.0216. The van der Waals surface area contributed by atoms with Crippen molar-refractivity contribution in [2.24, 2.45) is 5.10 Å². The number of carbonyl (C=O) groups is 1. The molecule has 0 spiro atoms. The van der Waals surface area contributed by atoms with Gasteiger partial charge in [-0.25, -0.2) is 13.2 Å². The third-order valence-electron chi connectivity index (χ3n) is 4.08. The van der Waals surface area contributed by atoms with Crippen molar-refractivity contribution in [1.29, 1.82) is 0 Å². The number of aryl methyl sites for hydroxylation is 1. The highest BCUT2D eigenvalue weighted by Gasteiger charge is 2.31. The van der Waals surface area contributed by atoms with Crippen molar-refractivity contribution in [3.8, 4) is 0 Å². The van der Waals surface area contributed by atoms with E-state index in [0.29, 0.717) is 12.1 Å². The lowest BCUT2D eigenvalue weighted by Crippen LogP contribution is -2.18. The molecule has 0 aliphatic carbocycles. The van der Waals surface area contributed by atoms with Gasteiger partial charge in [0.2, 0.25) is 5.90 Å². The predicted octanol–water partition coefficient (Wildman–Crippen LogP) is 3.36. The second-order valence-corrected chi connectivity index (χ2v) is 8.12. The average Bonchev–Trinajstić information content (AvgIpc) is 2.98. The minimum Gasteiger partial charge on any atom is -0.449 e. The van der Waals surface area contributed by atoms with Gasteiger partial charge in [-0.2, -0.15) is 0 Å². The molecule has 0 fully saturated rings. The fourth-order valence-electron chi connectivity index (χ4n) is 2.78. The summed E-state index contributed by atoms with van der Waals surface area (Å²) in [5.74, 6) is 0.0928. The summed E-state index contributed by atoms with van der Waals surface area (Å²) in [6.45, 7) is 1.98. The Hall–Kier alpha value is -2.87. The van der Waals surface area contributed by atoms with Crippen LogP contribution in [-0.2, 0) is 14.6 Å². The van der Waals surface area contributed by atoms with E-state index >= 15 is 0 Å². The minimum atomic E-state index is -3.30. The van der Waals surface area contributed by atoms with Crippen LogP contribution in [0.4, 0.5) is 10.5 Å². The Labute approximate surface area is 151 Å². The summed E-state index contributed by atoms with van der Waals surface area (Å²) in [5, 5.41) is 14.8. The third-order valence-corrected chi connectivity index (χ3v) is 5.21. The molecule has 0 aromatic heterocycles. The van der Waals surface area contributed by atoms with E-state index in [9.17, 15) is 13.2 Å². The molecule has 0 amide bonds. The Bertz CT molecular complexity index is 950. The number of sulfone groups is 1. The molecule has 0 bridgehead atoms. The van der Waals surface area contributed by atoms with E-state index in [2.05, 4.69) is 5.10 Å². The Morgan fingerprint density at radius 2 is 1.77 bits per heavy atom. The second kappa shape index (κ2) is 6.80. The molecule has 0 saturated carbocycles. The fraction of sp³-hybridized carbons (Fsp3) is 0.222. The Morgan fingerprint density at radius 1 is 1.15 bits per heavy atom. The second-order valence-electron chi connectivity index (χ2n) is 6.10. The molecule has 1 aliphatic rings. The Kier molecular flexibility index (Phi) is 4.69. The highest BCUT2D eigenvalue weighted by Crippen LogP contribution is 2.35. The number of ether oxygens (including phenoxy) is 1. The van der Waals surface area contributed by atoms with Crippen LogP contribution >= 0.6 is 0 Å². The summed E-state index contributed by atoms with van der Waals surface area (Å²) in [4.78, 5) is 11.1. The zero-order valence-corrected chi connectivity index (χ0v) is 15.1. The average molecular weight is 374 g/mol. The molecule has 1 atom stereocenters. The lowest BCUT2D eigenvalue weighted by molar-refractivity contribution is 0.139. The molecule has 0 saturated heterocycles. The van der Waals surface area contributed by atoms with Gasteiger partial charge in [-0.15, -0.1) is 5.10 Å². The van der Waals surface area contributed by atoms with Crippen molar-refractivity contribution >= 4 is 27.6 Å². The summed E-state index contributed by atoms with van der Waals surface area (Å²) < 4.78 is 28.0. The third kappa shape index (κ3) is 3.85. The van der Waals surface area contributed by atoms with Gasteiger partial charge < -0.3 is 9.84 Å². The van der Waals surface area contributed by atoms with Crippen LogP contribution in [0, 0.1) is 6.92 Å². The van der Waals surface area contributed by atoms with Crippen molar-refractivity contribution in [1.82, 2.24) is 0 Å². The number of nitrogens with zero attached hydrogens (tertiary/aromatic N) is 2. The highest BCUT2D eigenvalue weighted by molar-refractivity contribution is 7.90. The zero-order chi connectivity index (χ0) is 18.9. The largest absolute Gasteiger partial charge is 0.512 e. The first kappa shape index (κ1) is 17.9. The van der Waals surface area contributed by atoms with Crippen LogP contribution in [0.1, 0.15) is 23.6 Å². The summed E-state index contributed by atoms with van der Waals surface area (Å²) >= 11 is 0. The number of anilines is 1. The van der Waals surface area contributed by atoms with E-state index in [1.54, 1.807) is 17.1 Å². The molecule has 26 heavy (non-hydrogen) atoms. The molecule has 7 nitrogen and oxygen atoms in total. The van der Waals surface area contributed by atoms with Gasteiger partial charge in [0.15, 0.2) is 9.84 Å². The van der Waals surface area contributed by atoms with E-state index in [1.807, 2.05) is 31.2 Å². The SMILES string of the molecule is Cc1ccc(C2CC(OC(=O)O)=NN2c2ccc(S(C)(=O)=O)cc2)cc1. The van der Waals surface area contributed by atoms with Gasteiger partial charge in [-0.1, -0.05) is 29.8 Å². The first-order valence-corrected chi connectivity index (χ1v) is 9.77. The Morgan fingerprint density at radius 3 is 2.31 bits per heavy atom. The van der Waals surface area contributed by atoms with Crippen molar-refractivity contribution in [2.75, 3.05) is 11.3 Å². The van der Waals surface area contributed by atoms with Crippen LogP contribution in [0.2, 0.25) is 0 Å². The van der Waals surface area contributed by atoms with Crippen LogP contribution in [0.25, 0.3) is 0 Å². The minimum absolute atomic E-state index is 0.0928. The van der Waals surface area contributed by atoms with Gasteiger partial charge in [-0.05, 0) is 36.8 Å². The molecule has 2 aromatic carbocycles. The number of hydrogen-bond donors (Lipinski definition) is 1. The van der Waals surface area contributed by atoms with Crippen LogP contribution in [0.5, 0.6) is 0 Å². The maximum absolute atomic E-state index is 11.6. The van der Waals surface area contributed by atoms with Crippen molar-refractivity contribution in [2.45, 2.75) is 24.3 Å². The van der Waals surface area contributed by atoms with Gasteiger partial charge in [0.05, 0.1) is 23.0 Å². The summed E-state index contributed by atoms with van der Waals surface area (Å²) in [5.41, 5.74) is 2.71. The topological polar surface area (TPSA) is 96.3 Å². The molecular weight excluding hydrogens is 356 g/mol. The van der Waals surface area contributed by atoms with Crippen LogP contribution in [0.3, 0.4) is 0 Å². The van der Waals surface area contributed by atoms with E-state index in [1.165, 1.54) is 12.1 Å². The highest BCUT2D eigenvalue weighted by atomic mass is 32.2. The zero-order valence-electron chi connectivity index (χ0n) is 14.3. The number of carboxylic acid groups (broad SMARTS) is 1. The van der Waals surface area contributed by atoms with Crippen LogP contribution < -0.4 is 5.01 Å². The predicted molar refractivity (Wildman–Crippen MR) is 97.1 cm³/mol. The normalized spacial score (nSPS) is 17.1. The number of rotatable bonds is 3. The van der Waals surface area contributed by atoms with E-state index in [0.717, 1.165) is 17.4 Å². The number of hydrazone groups is 1. The van der Waals surface area contributed by atoms with E-state index in [-0.39, 0.29) is 16.8 Å². The van der Waals surface area contributed by atoms with E-state index < -0.39 is 16.0 Å². The van der Waals surface area contributed by atoms with Gasteiger partial charge in [-0.3, -0.25) is 5.01 Å². The quantitative estimate of drug-likeness (QED) is 0.828. The molecule has 1 heterocycles. The van der Waals surface area contributed by atoms with Crippen molar-refractivity contribution < 1.29 is 23.1 Å². The molecule has 2 aromatic rings. The van der Waals surface area contributed by atoms with E-state index in [4.69, 9.17) is 9.84 Å². The number of benzene rings is 2. The molecule has 136 valence electrons. The summed E-state index contributed by atoms with van der Waals surface area (Å²) in [6, 6.07) is 13.9. The molecule has 1 N–H and O–H groups in total. The first-order valence-electron chi connectivity index (χ1n) is 7.88. The van der Waals surface area contributed by atoms with Crippen molar-refractivity contribution in [3.05, 3.63) is 59.7 Å². The van der Waals surface area contributed by atoms with Gasteiger partial charge in [0.1, 0.15) is 0 Å². The van der Waals surface area contributed by atoms with Crippen LogP contribution in [0.15, 0.2) is 58.5 Å². The molecule has 1 aliphatic heterocycles. The molecular formula is C18H18N2O5S. The molecule has 8 heteroatoms. The maximum atomic E-state index is 11.6. The molecule has 3 rings (SSSR count). The fourth-order valence-corrected chi connectivity index (χ4v) is 3.41. The van der Waals surface area contributed by atoms with Crippen LogP contribution in [-0.4, -0.2) is 31.8 Å². The molecule has 0 radical (unpaired) electrons. The smallest absolute Gasteiger partial charge is 0.449 e. The maximum Gasteiger partial charge on any atom is 0.512 e. The van der Waals surface area contributed by atoms with Gasteiger partial charge >= 0.3 is 6.16 Å². The summed E-state index contributed by atoms with van der Waals surface area (Å²) in [7, 11) is -3.30. The lowest BCUT2D eigenvalue weighted by atomic mass is 10.0. The Balaban J connectivity index is 1.97.